The lowest BCUT2D eigenvalue weighted by molar-refractivity contribution is -0.122. The molecule has 2 rings (SSSR count). The number of hydrogen-bond acceptors (Lipinski definition) is 3. The number of hydrogen-bond donors (Lipinski definition) is 1. The largest absolute Gasteiger partial charge is 0.377 e. The standard InChI is InChI=1S/C11H11F2NO2S/c12-7-1-2-10(9(13)3-7)17-6-11(15)14-8-4-16-5-8/h1-3,8H,4-6H2,(H,14,15). The van der Waals surface area contributed by atoms with Gasteiger partial charge in [0.2, 0.25) is 5.91 Å². The lowest BCUT2D eigenvalue weighted by Gasteiger charge is -2.26. The summed E-state index contributed by atoms with van der Waals surface area (Å²) in [6, 6.07) is 3.37. The second-order valence-corrected chi connectivity index (χ2v) is 4.68. The number of benzene rings is 1. The van der Waals surface area contributed by atoms with Crippen molar-refractivity contribution >= 4 is 17.7 Å². The summed E-state index contributed by atoms with van der Waals surface area (Å²) in [5.74, 6) is -1.33. The van der Waals surface area contributed by atoms with Gasteiger partial charge in [0, 0.05) is 11.0 Å². The molecule has 0 unspecified atom stereocenters. The van der Waals surface area contributed by atoms with E-state index in [1.165, 1.54) is 12.1 Å². The van der Waals surface area contributed by atoms with E-state index in [1.54, 1.807) is 0 Å². The molecule has 1 amide bonds. The number of amides is 1. The molecule has 1 N–H and O–H groups in total. The second-order valence-electron chi connectivity index (χ2n) is 3.67. The van der Waals surface area contributed by atoms with Crippen LogP contribution in [-0.4, -0.2) is 30.9 Å². The fraction of sp³-hybridized carbons (Fsp3) is 0.364. The van der Waals surface area contributed by atoms with Crippen LogP contribution in [0.15, 0.2) is 23.1 Å². The van der Waals surface area contributed by atoms with Crippen molar-refractivity contribution in [2.45, 2.75) is 10.9 Å². The molecule has 0 aromatic heterocycles. The van der Waals surface area contributed by atoms with E-state index in [9.17, 15) is 13.6 Å². The zero-order valence-corrected chi connectivity index (χ0v) is 9.73. The lowest BCUT2D eigenvalue weighted by Crippen LogP contribution is -2.49. The zero-order valence-electron chi connectivity index (χ0n) is 8.91. The van der Waals surface area contributed by atoms with Gasteiger partial charge in [0.05, 0.1) is 25.0 Å². The van der Waals surface area contributed by atoms with Crippen molar-refractivity contribution < 1.29 is 18.3 Å². The molecule has 0 bridgehead atoms. The van der Waals surface area contributed by atoms with Crippen LogP contribution in [0.4, 0.5) is 8.78 Å². The molecule has 1 heterocycles. The minimum atomic E-state index is -0.644. The van der Waals surface area contributed by atoms with Gasteiger partial charge in [-0.25, -0.2) is 8.78 Å². The first-order valence-electron chi connectivity index (χ1n) is 5.10. The summed E-state index contributed by atoms with van der Waals surface area (Å²) in [6.45, 7) is 1.06. The fourth-order valence-corrected chi connectivity index (χ4v) is 2.05. The Morgan fingerprint density at radius 2 is 2.24 bits per heavy atom. The number of nitrogens with one attached hydrogen (secondary N) is 1. The Bertz CT molecular complexity index is 424. The van der Waals surface area contributed by atoms with Crippen molar-refractivity contribution in [3.63, 3.8) is 0 Å². The molecule has 3 nitrogen and oxygen atoms in total. The predicted molar refractivity (Wildman–Crippen MR) is 59.8 cm³/mol. The van der Waals surface area contributed by atoms with Gasteiger partial charge in [-0.05, 0) is 12.1 Å². The Hall–Kier alpha value is -1.14. The summed E-state index contributed by atoms with van der Waals surface area (Å²) in [6.07, 6.45) is 0. The number of thioether (sulfide) groups is 1. The van der Waals surface area contributed by atoms with E-state index < -0.39 is 11.6 Å². The molecule has 6 heteroatoms. The number of carbonyl (C=O) groups is 1. The van der Waals surface area contributed by atoms with Crippen LogP contribution in [0.5, 0.6) is 0 Å². The number of halogens is 2. The molecule has 17 heavy (non-hydrogen) atoms. The van der Waals surface area contributed by atoms with Gasteiger partial charge in [0.25, 0.3) is 0 Å². The molecule has 92 valence electrons. The maximum atomic E-state index is 13.2. The van der Waals surface area contributed by atoms with Gasteiger partial charge in [-0.3, -0.25) is 4.79 Å². The molecule has 1 saturated heterocycles. The third kappa shape index (κ3) is 3.41. The van der Waals surface area contributed by atoms with Crippen LogP contribution in [0.1, 0.15) is 0 Å². The average molecular weight is 259 g/mol. The molecule has 0 radical (unpaired) electrons. The maximum Gasteiger partial charge on any atom is 0.230 e. The van der Waals surface area contributed by atoms with E-state index in [-0.39, 0.29) is 22.6 Å². The Balaban J connectivity index is 1.82. The van der Waals surface area contributed by atoms with Crippen LogP contribution in [0.25, 0.3) is 0 Å². The summed E-state index contributed by atoms with van der Waals surface area (Å²) >= 11 is 1.05. The van der Waals surface area contributed by atoms with Crippen molar-refractivity contribution in [3.8, 4) is 0 Å². The van der Waals surface area contributed by atoms with E-state index in [2.05, 4.69) is 5.32 Å². The third-order valence-electron chi connectivity index (χ3n) is 2.26. The predicted octanol–water partition coefficient (Wildman–Crippen LogP) is 1.57. The number of rotatable bonds is 4. The normalized spacial score (nSPS) is 15.4. The van der Waals surface area contributed by atoms with Crippen LogP contribution in [-0.2, 0) is 9.53 Å². The Kier molecular flexibility index (Phi) is 3.96. The van der Waals surface area contributed by atoms with E-state index >= 15 is 0 Å². The van der Waals surface area contributed by atoms with Crippen LogP contribution in [0.3, 0.4) is 0 Å². The molecule has 0 atom stereocenters. The van der Waals surface area contributed by atoms with Gasteiger partial charge in [0.15, 0.2) is 0 Å². The monoisotopic (exact) mass is 259 g/mol. The first-order valence-corrected chi connectivity index (χ1v) is 6.08. The van der Waals surface area contributed by atoms with E-state index in [1.807, 2.05) is 0 Å². The minimum absolute atomic E-state index is 0.0705. The van der Waals surface area contributed by atoms with Gasteiger partial charge in [0.1, 0.15) is 11.6 Å². The molecule has 1 aliphatic rings. The second kappa shape index (κ2) is 5.46. The van der Waals surface area contributed by atoms with Gasteiger partial charge in [-0.1, -0.05) is 0 Å². The summed E-state index contributed by atoms with van der Waals surface area (Å²) in [4.78, 5) is 11.7. The summed E-state index contributed by atoms with van der Waals surface area (Å²) in [7, 11) is 0. The smallest absolute Gasteiger partial charge is 0.230 e. The average Bonchev–Trinajstić information content (AvgIpc) is 2.22. The van der Waals surface area contributed by atoms with E-state index in [0.717, 1.165) is 17.8 Å². The van der Waals surface area contributed by atoms with Crippen molar-refractivity contribution in [1.82, 2.24) is 5.32 Å². The molecule has 1 fully saturated rings. The minimum Gasteiger partial charge on any atom is -0.377 e. The first kappa shape index (κ1) is 12.3. The van der Waals surface area contributed by atoms with Crippen molar-refractivity contribution in [1.29, 1.82) is 0 Å². The van der Waals surface area contributed by atoms with Crippen LogP contribution in [0.2, 0.25) is 0 Å². The molecular weight excluding hydrogens is 248 g/mol. The maximum absolute atomic E-state index is 13.2. The van der Waals surface area contributed by atoms with E-state index in [4.69, 9.17) is 4.74 Å². The third-order valence-corrected chi connectivity index (χ3v) is 3.30. The quantitative estimate of drug-likeness (QED) is 0.834. The highest BCUT2D eigenvalue weighted by atomic mass is 32.2. The molecule has 1 aromatic rings. The van der Waals surface area contributed by atoms with Crippen LogP contribution in [0, 0.1) is 11.6 Å². The lowest BCUT2D eigenvalue weighted by atomic mass is 10.2. The zero-order chi connectivity index (χ0) is 12.3. The first-order chi connectivity index (χ1) is 8.15. The molecule has 0 aliphatic carbocycles. The van der Waals surface area contributed by atoms with Crippen molar-refractivity contribution in [2.75, 3.05) is 19.0 Å². The van der Waals surface area contributed by atoms with Crippen molar-refractivity contribution in [2.24, 2.45) is 0 Å². The fourth-order valence-electron chi connectivity index (χ4n) is 1.32. The molecular formula is C11H11F2NO2S. The molecule has 0 spiro atoms. The Morgan fingerprint density at radius 3 is 2.82 bits per heavy atom. The van der Waals surface area contributed by atoms with Gasteiger partial charge >= 0.3 is 0 Å². The number of carbonyl (C=O) groups excluding carboxylic acids is 1. The molecule has 0 saturated carbocycles. The highest BCUT2D eigenvalue weighted by molar-refractivity contribution is 8.00. The van der Waals surface area contributed by atoms with Gasteiger partial charge in [-0.2, -0.15) is 0 Å². The van der Waals surface area contributed by atoms with E-state index in [0.29, 0.717) is 13.2 Å². The van der Waals surface area contributed by atoms with Gasteiger partial charge < -0.3 is 10.1 Å². The Morgan fingerprint density at radius 1 is 1.47 bits per heavy atom. The highest BCUT2D eigenvalue weighted by Crippen LogP contribution is 2.22. The molecule has 1 aromatic carbocycles. The molecule has 1 aliphatic heterocycles. The number of ether oxygens (including phenoxy) is 1. The topological polar surface area (TPSA) is 38.3 Å². The van der Waals surface area contributed by atoms with Crippen LogP contribution < -0.4 is 5.32 Å². The summed E-state index contributed by atoms with van der Waals surface area (Å²) in [5.41, 5.74) is 0. The Labute approximate surface area is 102 Å². The van der Waals surface area contributed by atoms with Gasteiger partial charge in [-0.15, -0.1) is 11.8 Å². The summed E-state index contributed by atoms with van der Waals surface area (Å²) < 4.78 is 30.8. The van der Waals surface area contributed by atoms with Crippen molar-refractivity contribution in [3.05, 3.63) is 29.8 Å². The summed E-state index contributed by atoms with van der Waals surface area (Å²) in [5, 5.41) is 2.74. The SMILES string of the molecule is O=C(CSc1ccc(F)cc1F)NC1COC1. The van der Waals surface area contributed by atoms with Crippen LogP contribution >= 0.6 is 11.8 Å². The highest BCUT2D eigenvalue weighted by Gasteiger charge is 2.20.